The van der Waals surface area contributed by atoms with E-state index >= 15 is 0 Å². The van der Waals surface area contributed by atoms with E-state index in [1.165, 1.54) is 0 Å². The second-order valence-corrected chi connectivity index (χ2v) is 5.42. The van der Waals surface area contributed by atoms with Gasteiger partial charge in [0.15, 0.2) is 11.5 Å². The fourth-order valence-electron chi connectivity index (χ4n) is 2.57. The molecule has 1 amide bonds. The van der Waals surface area contributed by atoms with Gasteiger partial charge in [0.05, 0.1) is 6.10 Å². The zero-order valence-electron chi connectivity index (χ0n) is 12.7. The predicted molar refractivity (Wildman–Crippen MR) is 83.0 cm³/mol. The number of amides is 1. The van der Waals surface area contributed by atoms with Crippen molar-refractivity contribution in [2.45, 2.75) is 18.9 Å². The number of ether oxygens (including phenoxy) is 3. The number of hydrogen-bond acceptors (Lipinski definition) is 5. The first-order valence-electron chi connectivity index (χ1n) is 7.67. The largest absolute Gasteiger partial charge is 0.486 e. The molecule has 0 radical (unpaired) electrons. The van der Waals surface area contributed by atoms with Crippen molar-refractivity contribution in [2.75, 3.05) is 26.4 Å². The molecule has 6 heteroatoms. The number of benzene rings is 1. The van der Waals surface area contributed by atoms with Crippen LogP contribution >= 0.6 is 0 Å². The lowest BCUT2D eigenvalue weighted by Crippen LogP contribution is -2.32. The van der Waals surface area contributed by atoms with Crippen LogP contribution in [0.5, 0.6) is 11.5 Å². The van der Waals surface area contributed by atoms with E-state index in [-0.39, 0.29) is 11.7 Å². The van der Waals surface area contributed by atoms with E-state index in [4.69, 9.17) is 14.2 Å². The molecule has 23 heavy (non-hydrogen) atoms. The van der Waals surface area contributed by atoms with Crippen LogP contribution in [-0.2, 0) is 9.53 Å². The Balaban J connectivity index is 1.68. The molecular weight excluding hydrogens is 296 g/mol. The third-order valence-electron chi connectivity index (χ3n) is 3.76. The molecule has 2 heterocycles. The van der Waals surface area contributed by atoms with Crippen LogP contribution in [-0.4, -0.2) is 38.4 Å². The SMILES string of the molecule is N#C/C(=C\c1ccc2c(c1)OCCO2)C(=O)NCC1CCCO1. The average Bonchev–Trinajstić information content (AvgIpc) is 3.11. The fraction of sp³-hybridized carbons (Fsp3) is 0.412. The van der Waals surface area contributed by atoms with E-state index in [0.29, 0.717) is 31.3 Å². The zero-order valence-corrected chi connectivity index (χ0v) is 12.7. The van der Waals surface area contributed by atoms with Gasteiger partial charge in [-0.05, 0) is 36.6 Å². The van der Waals surface area contributed by atoms with E-state index in [0.717, 1.165) is 25.0 Å². The number of carbonyl (C=O) groups excluding carboxylic acids is 1. The zero-order chi connectivity index (χ0) is 16.1. The topological polar surface area (TPSA) is 80.6 Å². The summed E-state index contributed by atoms with van der Waals surface area (Å²) in [4.78, 5) is 12.1. The minimum absolute atomic E-state index is 0.0492. The number of carbonyl (C=O) groups is 1. The summed E-state index contributed by atoms with van der Waals surface area (Å²) >= 11 is 0. The molecule has 0 aliphatic carbocycles. The molecule has 0 bridgehead atoms. The molecule has 6 nitrogen and oxygen atoms in total. The van der Waals surface area contributed by atoms with Gasteiger partial charge < -0.3 is 19.5 Å². The van der Waals surface area contributed by atoms with Gasteiger partial charge in [-0.25, -0.2) is 0 Å². The summed E-state index contributed by atoms with van der Waals surface area (Å²) in [5.74, 6) is 0.912. The number of rotatable bonds is 4. The summed E-state index contributed by atoms with van der Waals surface area (Å²) in [6.45, 7) is 2.18. The number of hydrogen-bond donors (Lipinski definition) is 1. The standard InChI is InChI=1S/C17H18N2O4/c18-10-13(17(20)19-11-14-2-1-5-21-14)8-12-3-4-15-16(9-12)23-7-6-22-15/h3-4,8-9,14H,1-2,5-7,11H2,(H,19,20)/b13-8+. The molecule has 1 N–H and O–H groups in total. The Bertz CT molecular complexity index is 657. The van der Waals surface area contributed by atoms with Crippen molar-refractivity contribution in [3.63, 3.8) is 0 Å². The van der Waals surface area contributed by atoms with Crippen LogP contribution in [0.25, 0.3) is 6.08 Å². The Morgan fingerprint density at radius 3 is 2.87 bits per heavy atom. The van der Waals surface area contributed by atoms with E-state index < -0.39 is 5.91 Å². The van der Waals surface area contributed by atoms with Gasteiger partial charge in [-0.15, -0.1) is 0 Å². The van der Waals surface area contributed by atoms with Gasteiger partial charge in [0.2, 0.25) is 0 Å². The second-order valence-electron chi connectivity index (χ2n) is 5.42. The van der Waals surface area contributed by atoms with Crippen molar-refractivity contribution in [1.82, 2.24) is 5.32 Å². The van der Waals surface area contributed by atoms with Gasteiger partial charge in [-0.1, -0.05) is 6.07 Å². The maximum Gasteiger partial charge on any atom is 0.262 e. The monoisotopic (exact) mass is 314 g/mol. The first kappa shape index (κ1) is 15.4. The van der Waals surface area contributed by atoms with Crippen LogP contribution in [0.1, 0.15) is 18.4 Å². The van der Waals surface area contributed by atoms with Crippen molar-refractivity contribution in [2.24, 2.45) is 0 Å². The van der Waals surface area contributed by atoms with Gasteiger partial charge in [0.25, 0.3) is 5.91 Å². The summed E-state index contributed by atoms with van der Waals surface area (Å²) in [5.41, 5.74) is 0.776. The van der Waals surface area contributed by atoms with Gasteiger partial charge in [0, 0.05) is 13.2 Å². The fourth-order valence-corrected chi connectivity index (χ4v) is 2.57. The molecule has 0 spiro atoms. The average molecular weight is 314 g/mol. The van der Waals surface area contributed by atoms with E-state index in [1.54, 1.807) is 24.3 Å². The minimum atomic E-state index is -0.391. The number of nitrogens with one attached hydrogen (secondary N) is 1. The lowest BCUT2D eigenvalue weighted by Gasteiger charge is -2.18. The summed E-state index contributed by atoms with van der Waals surface area (Å²) in [6.07, 6.45) is 3.55. The minimum Gasteiger partial charge on any atom is -0.486 e. The maximum absolute atomic E-state index is 12.1. The number of nitriles is 1. The molecule has 0 saturated carbocycles. The summed E-state index contributed by atoms with van der Waals surface area (Å²) in [5, 5.41) is 12.0. The second kappa shape index (κ2) is 7.16. The first-order chi connectivity index (χ1) is 11.3. The third-order valence-corrected chi connectivity index (χ3v) is 3.76. The molecule has 120 valence electrons. The third kappa shape index (κ3) is 3.82. The van der Waals surface area contributed by atoms with Crippen LogP contribution in [0.3, 0.4) is 0 Å². The van der Waals surface area contributed by atoms with E-state index in [2.05, 4.69) is 5.32 Å². The number of nitrogens with zero attached hydrogens (tertiary/aromatic N) is 1. The van der Waals surface area contributed by atoms with Crippen molar-refractivity contribution in [1.29, 1.82) is 5.26 Å². The Labute approximate surface area is 134 Å². The van der Waals surface area contributed by atoms with Gasteiger partial charge >= 0.3 is 0 Å². The van der Waals surface area contributed by atoms with Crippen LogP contribution in [0.15, 0.2) is 23.8 Å². The molecule has 2 aliphatic rings. The van der Waals surface area contributed by atoms with E-state index in [1.807, 2.05) is 6.07 Å². The summed E-state index contributed by atoms with van der Waals surface area (Å²) in [6, 6.07) is 7.27. The number of fused-ring (bicyclic) bond motifs is 1. The normalized spacial score (nSPS) is 20.0. The summed E-state index contributed by atoms with van der Waals surface area (Å²) < 4.78 is 16.4. The quantitative estimate of drug-likeness (QED) is 0.675. The Morgan fingerprint density at radius 2 is 2.13 bits per heavy atom. The summed E-state index contributed by atoms with van der Waals surface area (Å²) in [7, 11) is 0. The molecule has 1 aromatic carbocycles. The highest BCUT2D eigenvalue weighted by Gasteiger charge is 2.18. The molecule has 1 atom stereocenters. The predicted octanol–water partition coefficient (Wildman–Crippen LogP) is 1.66. The molecule has 3 rings (SSSR count). The Hall–Kier alpha value is -2.52. The van der Waals surface area contributed by atoms with Crippen molar-refractivity contribution >= 4 is 12.0 Å². The highest BCUT2D eigenvalue weighted by Crippen LogP contribution is 2.31. The Morgan fingerprint density at radius 1 is 1.30 bits per heavy atom. The molecule has 1 unspecified atom stereocenters. The maximum atomic E-state index is 12.1. The van der Waals surface area contributed by atoms with Gasteiger partial charge in [-0.3, -0.25) is 4.79 Å². The smallest absolute Gasteiger partial charge is 0.262 e. The first-order valence-corrected chi connectivity index (χ1v) is 7.67. The lowest BCUT2D eigenvalue weighted by atomic mass is 10.1. The van der Waals surface area contributed by atoms with Crippen molar-refractivity contribution in [3.8, 4) is 17.6 Å². The highest BCUT2D eigenvalue weighted by atomic mass is 16.6. The molecule has 1 saturated heterocycles. The van der Waals surface area contributed by atoms with Crippen LogP contribution < -0.4 is 14.8 Å². The molecule has 0 aromatic heterocycles. The van der Waals surface area contributed by atoms with Gasteiger partial charge in [-0.2, -0.15) is 5.26 Å². The Kier molecular flexibility index (Phi) is 4.79. The molecular formula is C17H18N2O4. The molecule has 1 fully saturated rings. The van der Waals surface area contributed by atoms with Crippen molar-refractivity contribution in [3.05, 3.63) is 29.3 Å². The van der Waals surface area contributed by atoms with Gasteiger partial charge in [0.1, 0.15) is 24.9 Å². The van der Waals surface area contributed by atoms with Crippen LogP contribution in [0.4, 0.5) is 0 Å². The van der Waals surface area contributed by atoms with Crippen LogP contribution in [0, 0.1) is 11.3 Å². The van der Waals surface area contributed by atoms with E-state index in [9.17, 15) is 10.1 Å². The lowest BCUT2D eigenvalue weighted by molar-refractivity contribution is -0.117. The molecule has 2 aliphatic heterocycles. The highest BCUT2D eigenvalue weighted by molar-refractivity contribution is 6.01. The molecule has 1 aromatic rings. The van der Waals surface area contributed by atoms with Crippen molar-refractivity contribution < 1.29 is 19.0 Å². The van der Waals surface area contributed by atoms with Crippen LogP contribution in [0.2, 0.25) is 0 Å².